The number of benzene rings is 1. The molecule has 0 aliphatic rings. The Bertz CT molecular complexity index is 474. The van der Waals surface area contributed by atoms with Crippen molar-refractivity contribution in [3.63, 3.8) is 0 Å². The third-order valence-corrected chi connectivity index (χ3v) is 3.21. The summed E-state index contributed by atoms with van der Waals surface area (Å²) in [5.41, 5.74) is 1.77. The molecule has 4 nitrogen and oxygen atoms in total. The largest absolute Gasteiger partial charge is 0.357 e. The van der Waals surface area contributed by atoms with Crippen LogP contribution in [0, 0.1) is 17.2 Å². The van der Waals surface area contributed by atoms with E-state index in [0.717, 1.165) is 18.1 Å². The number of nitrogens with zero attached hydrogens (tertiary/aromatic N) is 2. The van der Waals surface area contributed by atoms with Gasteiger partial charge < -0.3 is 10.6 Å². The fourth-order valence-corrected chi connectivity index (χ4v) is 1.56. The molecule has 0 saturated carbocycles. The summed E-state index contributed by atoms with van der Waals surface area (Å²) in [5, 5.41) is 15.4. The number of nitrogens with one attached hydrogen (secondary N) is 2. The summed E-state index contributed by atoms with van der Waals surface area (Å²) in [6, 6.07) is 10.0. The third-order valence-electron chi connectivity index (χ3n) is 3.21. The zero-order valence-corrected chi connectivity index (χ0v) is 15.5. The molecule has 0 fully saturated rings. The minimum atomic E-state index is 0. The van der Waals surface area contributed by atoms with E-state index in [9.17, 15) is 0 Å². The normalized spacial score (nSPS) is 12.3. The second-order valence-electron chi connectivity index (χ2n) is 5.18. The Morgan fingerprint density at radius 1 is 1.24 bits per heavy atom. The zero-order valence-electron chi connectivity index (χ0n) is 13.2. The van der Waals surface area contributed by atoms with Crippen LogP contribution in [0.3, 0.4) is 0 Å². The summed E-state index contributed by atoms with van der Waals surface area (Å²) >= 11 is 0. The quantitative estimate of drug-likeness (QED) is 0.453. The number of aliphatic imine (C=N–C) groups is 1. The van der Waals surface area contributed by atoms with Gasteiger partial charge in [0.05, 0.1) is 18.2 Å². The Hall–Kier alpha value is -1.29. The smallest absolute Gasteiger partial charge is 0.191 e. The van der Waals surface area contributed by atoms with Gasteiger partial charge in [0, 0.05) is 12.6 Å². The van der Waals surface area contributed by atoms with Crippen LogP contribution in [0.25, 0.3) is 0 Å². The topological polar surface area (TPSA) is 60.2 Å². The van der Waals surface area contributed by atoms with E-state index >= 15 is 0 Å². The number of hydrogen-bond donors (Lipinski definition) is 2. The summed E-state index contributed by atoms with van der Waals surface area (Å²) in [6.45, 7) is 10.0. The fourth-order valence-electron chi connectivity index (χ4n) is 1.56. The van der Waals surface area contributed by atoms with E-state index in [4.69, 9.17) is 5.26 Å². The maximum Gasteiger partial charge on any atom is 0.191 e. The molecule has 0 spiro atoms. The lowest BCUT2D eigenvalue weighted by molar-refractivity contribution is 0.481. The van der Waals surface area contributed by atoms with Gasteiger partial charge in [0.25, 0.3) is 0 Å². The van der Waals surface area contributed by atoms with Gasteiger partial charge in [-0.2, -0.15) is 5.26 Å². The van der Waals surface area contributed by atoms with Crippen molar-refractivity contribution in [3.8, 4) is 6.07 Å². The standard InChI is InChI=1S/C16H24N4.HI/c1-5-18-16(20-13(4)12(2)3)19-11-15-8-6-14(10-17)7-9-15;/h6-9,12-13H,5,11H2,1-4H3,(H2,18,19,20);1H. The van der Waals surface area contributed by atoms with Gasteiger partial charge in [0.1, 0.15) is 0 Å². The highest BCUT2D eigenvalue weighted by Crippen LogP contribution is 2.05. The predicted molar refractivity (Wildman–Crippen MR) is 98.8 cm³/mol. The number of guanidine groups is 1. The monoisotopic (exact) mass is 400 g/mol. The predicted octanol–water partition coefficient (Wildman–Crippen LogP) is 3.28. The number of hydrogen-bond acceptors (Lipinski definition) is 2. The molecule has 0 amide bonds. The molecule has 116 valence electrons. The van der Waals surface area contributed by atoms with Crippen LogP contribution in [0.4, 0.5) is 0 Å². The molecule has 0 aliphatic heterocycles. The first-order valence-corrected chi connectivity index (χ1v) is 7.10. The van der Waals surface area contributed by atoms with E-state index < -0.39 is 0 Å². The number of nitriles is 1. The molecule has 0 aliphatic carbocycles. The molecule has 0 bridgehead atoms. The van der Waals surface area contributed by atoms with E-state index in [1.165, 1.54) is 0 Å². The highest BCUT2D eigenvalue weighted by atomic mass is 127. The molecule has 1 aromatic rings. The van der Waals surface area contributed by atoms with Crippen LogP contribution in [0.5, 0.6) is 0 Å². The first kappa shape index (κ1) is 19.7. The number of rotatable bonds is 5. The lowest BCUT2D eigenvalue weighted by Gasteiger charge is -2.20. The molecule has 1 unspecified atom stereocenters. The Labute approximate surface area is 145 Å². The van der Waals surface area contributed by atoms with Crippen molar-refractivity contribution >= 4 is 29.9 Å². The summed E-state index contributed by atoms with van der Waals surface area (Å²) in [4.78, 5) is 4.57. The molecule has 0 radical (unpaired) electrons. The zero-order chi connectivity index (χ0) is 15.0. The molecular formula is C16H25IN4. The van der Waals surface area contributed by atoms with Gasteiger partial charge in [-0.05, 0) is 37.5 Å². The van der Waals surface area contributed by atoms with Crippen LogP contribution in [0.15, 0.2) is 29.3 Å². The Kier molecular flexibility index (Phi) is 9.80. The summed E-state index contributed by atoms with van der Waals surface area (Å²) in [5.74, 6) is 1.38. The molecule has 21 heavy (non-hydrogen) atoms. The second kappa shape index (κ2) is 10.4. The minimum absolute atomic E-state index is 0. The average Bonchev–Trinajstić information content (AvgIpc) is 2.45. The van der Waals surface area contributed by atoms with Crippen molar-refractivity contribution in [1.82, 2.24) is 10.6 Å². The average molecular weight is 400 g/mol. The van der Waals surface area contributed by atoms with Crippen molar-refractivity contribution in [2.45, 2.75) is 40.3 Å². The van der Waals surface area contributed by atoms with E-state index in [1.807, 2.05) is 24.3 Å². The minimum Gasteiger partial charge on any atom is -0.357 e. The van der Waals surface area contributed by atoms with Crippen molar-refractivity contribution in [3.05, 3.63) is 35.4 Å². The lowest BCUT2D eigenvalue weighted by atomic mass is 10.1. The third kappa shape index (κ3) is 7.32. The van der Waals surface area contributed by atoms with Crippen molar-refractivity contribution < 1.29 is 0 Å². The van der Waals surface area contributed by atoms with Crippen molar-refractivity contribution in [1.29, 1.82) is 5.26 Å². The fraction of sp³-hybridized carbons (Fsp3) is 0.500. The van der Waals surface area contributed by atoms with Crippen molar-refractivity contribution in [2.24, 2.45) is 10.9 Å². The highest BCUT2D eigenvalue weighted by molar-refractivity contribution is 14.0. The Morgan fingerprint density at radius 3 is 2.33 bits per heavy atom. The van der Waals surface area contributed by atoms with Gasteiger partial charge in [-0.25, -0.2) is 4.99 Å². The summed E-state index contributed by atoms with van der Waals surface area (Å²) < 4.78 is 0. The maximum atomic E-state index is 8.77. The number of halogens is 1. The van der Waals surface area contributed by atoms with Crippen LogP contribution in [-0.4, -0.2) is 18.5 Å². The molecule has 1 rings (SSSR count). The van der Waals surface area contributed by atoms with Gasteiger partial charge in [0.2, 0.25) is 0 Å². The van der Waals surface area contributed by atoms with E-state index in [1.54, 1.807) is 0 Å². The molecular weight excluding hydrogens is 375 g/mol. The highest BCUT2D eigenvalue weighted by Gasteiger charge is 2.08. The molecule has 2 N–H and O–H groups in total. The van der Waals surface area contributed by atoms with Crippen LogP contribution >= 0.6 is 24.0 Å². The lowest BCUT2D eigenvalue weighted by Crippen LogP contribution is -2.44. The Morgan fingerprint density at radius 2 is 1.86 bits per heavy atom. The summed E-state index contributed by atoms with van der Waals surface area (Å²) in [6.07, 6.45) is 0. The van der Waals surface area contributed by atoms with Crippen LogP contribution in [0.2, 0.25) is 0 Å². The Balaban J connectivity index is 0.00000400. The van der Waals surface area contributed by atoms with Gasteiger partial charge in [-0.1, -0.05) is 26.0 Å². The van der Waals surface area contributed by atoms with E-state index in [-0.39, 0.29) is 24.0 Å². The maximum absolute atomic E-state index is 8.77. The summed E-state index contributed by atoms with van der Waals surface area (Å²) in [7, 11) is 0. The molecule has 1 atom stereocenters. The molecule has 0 saturated heterocycles. The van der Waals surface area contributed by atoms with Gasteiger partial charge in [-0.15, -0.1) is 24.0 Å². The van der Waals surface area contributed by atoms with E-state index in [2.05, 4.69) is 49.4 Å². The molecule has 5 heteroatoms. The second-order valence-corrected chi connectivity index (χ2v) is 5.18. The molecule has 0 heterocycles. The van der Waals surface area contributed by atoms with Crippen LogP contribution in [-0.2, 0) is 6.54 Å². The first-order valence-electron chi connectivity index (χ1n) is 7.10. The van der Waals surface area contributed by atoms with E-state index in [0.29, 0.717) is 24.1 Å². The SMILES string of the molecule is CCNC(=NCc1ccc(C#N)cc1)NC(C)C(C)C.I. The molecule has 1 aromatic carbocycles. The van der Waals surface area contributed by atoms with Gasteiger partial charge >= 0.3 is 0 Å². The van der Waals surface area contributed by atoms with Gasteiger partial charge in [-0.3, -0.25) is 0 Å². The first-order chi connectivity index (χ1) is 9.56. The van der Waals surface area contributed by atoms with Crippen LogP contribution in [0.1, 0.15) is 38.8 Å². The van der Waals surface area contributed by atoms with Crippen molar-refractivity contribution in [2.75, 3.05) is 6.54 Å². The van der Waals surface area contributed by atoms with Crippen LogP contribution < -0.4 is 10.6 Å². The molecule has 0 aromatic heterocycles. The van der Waals surface area contributed by atoms with Gasteiger partial charge in [0.15, 0.2) is 5.96 Å².